The largest absolute Gasteiger partial charge is 0.268 e. The molecule has 92 valence electrons. The number of aromatic nitrogens is 4. The summed E-state index contributed by atoms with van der Waals surface area (Å²) in [5, 5.41) is 3.83. The summed E-state index contributed by atoms with van der Waals surface area (Å²) in [6.45, 7) is 3.92. The number of rotatable bonds is 2. The molecule has 0 fully saturated rings. The minimum atomic E-state index is -3.46. The van der Waals surface area contributed by atoms with Gasteiger partial charge in [0.15, 0.2) is 0 Å². The van der Waals surface area contributed by atoms with E-state index >= 15 is 0 Å². The number of hydrogen-bond acceptors (Lipinski definition) is 5. The summed E-state index contributed by atoms with van der Waals surface area (Å²) < 4.78 is 23.9. The van der Waals surface area contributed by atoms with Crippen LogP contribution in [0.2, 0.25) is 5.15 Å². The highest BCUT2D eigenvalue weighted by molar-refractivity contribution is 7.90. The molecule has 2 aromatic heterocycles. The Bertz CT molecular complexity index is 678. The number of halogens is 1. The van der Waals surface area contributed by atoms with Crippen molar-refractivity contribution >= 4 is 27.2 Å². The van der Waals surface area contributed by atoms with E-state index in [0.29, 0.717) is 5.15 Å². The zero-order chi connectivity index (χ0) is 12.8. The molecule has 0 saturated carbocycles. The van der Waals surface area contributed by atoms with Crippen LogP contribution in [0, 0.1) is 0 Å². The van der Waals surface area contributed by atoms with E-state index in [1.807, 2.05) is 13.8 Å². The van der Waals surface area contributed by atoms with Gasteiger partial charge in [-0.25, -0.2) is 13.4 Å². The van der Waals surface area contributed by atoms with Crippen LogP contribution < -0.4 is 0 Å². The van der Waals surface area contributed by atoms with Crippen LogP contribution in [-0.2, 0) is 9.84 Å². The third-order valence-corrected chi connectivity index (χ3v) is 3.30. The Morgan fingerprint density at radius 1 is 1.35 bits per heavy atom. The topological polar surface area (TPSA) is 77.2 Å². The zero-order valence-corrected chi connectivity index (χ0v) is 11.1. The molecule has 0 spiro atoms. The Morgan fingerprint density at radius 2 is 2.00 bits per heavy atom. The summed E-state index contributed by atoms with van der Waals surface area (Å²) in [5.74, 6) is 0.373. The van der Waals surface area contributed by atoms with Gasteiger partial charge in [-0.15, -0.1) is 5.10 Å². The van der Waals surface area contributed by atoms with E-state index in [4.69, 9.17) is 11.6 Å². The maximum Gasteiger partial charge on any atom is 0.268 e. The molecule has 0 aliphatic heterocycles. The van der Waals surface area contributed by atoms with Crippen molar-refractivity contribution in [3.8, 4) is 0 Å². The van der Waals surface area contributed by atoms with E-state index in [1.54, 1.807) is 6.07 Å². The fourth-order valence-corrected chi connectivity index (χ4v) is 1.99. The first-order valence-electron chi connectivity index (χ1n) is 4.92. The molecule has 0 amide bonds. The summed E-state index contributed by atoms with van der Waals surface area (Å²) in [6, 6.07) is 1.65. The van der Waals surface area contributed by atoms with Gasteiger partial charge in [-0.2, -0.15) is 9.50 Å². The van der Waals surface area contributed by atoms with Gasteiger partial charge in [0.05, 0.1) is 5.69 Å². The van der Waals surface area contributed by atoms with E-state index < -0.39 is 9.84 Å². The van der Waals surface area contributed by atoms with Gasteiger partial charge >= 0.3 is 0 Å². The Balaban J connectivity index is 2.73. The van der Waals surface area contributed by atoms with E-state index in [0.717, 1.165) is 11.9 Å². The summed E-state index contributed by atoms with van der Waals surface area (Å²) in [7, 11) is -3.46. The Morgan fingerprint density at radius 3 is 2.53 bits per heavy atom. The molecule has 0 N–H and O–H groups in total. The number of nitrogens with zero attached hydrogens (tertiary/aromatic N) is 4. The van der Waals surface area contributed by atoms with Crippen LogP contribution >= 0.6 is 11.6 Å². The van der Waals surface area contributed by atoms with Crippen LogP contribution in [0.15, 0.2) is 11.2 Å². The lowest BCUT2D eigenvalue weighted by molar-refractivity contribution is 0.593. The molecule has 17 heavy (non-hydrogen) atoms. The normalized spacial score (nSPS) is 12.5. The molecular weight excluding hydrogens is 264 g/mol. The standard InChI is InChI=1S/C9H11ClN4O2S/c1-5(2)6-4-7(10)14-8(11-6)12-9(13-14)17(3,15)16/h4-5H,1-3H3. The number of sulfone groups is 1. The maximum atomic E-state index is 11.3. The quantitative estimate of drug-likeness (QED) is 0.772. The SMILES string of the molecule is CC(C)c1cc(Cl)n2nc(S(C)(=O)=O)nc2n1. The molecule has 0 aromatic carbocycles. The van der Waals surface area contributed by atoms with Crippen molar-refractivity contribution in [2.75, 3.05) is 6.26 Å². The Kier molecular flexibility index (Phi) is 2.82. The smallest absolute Gasteiger partial charge is 0.221 e. The van der Waals surface area contributed by atoms with Gasteiger partial charge < -0.3 is 0 Å². The van der Waals surface area contributed by atoms with Crippen LogP contribution in [0.5, 0.6) is 0 Å². The fourth-order valence-electron chi connectivity index (χ4n) is 1.28. The molecule has 0 unspecified atom stereocenters. The van der Waals surface area contributed by atoms with Crippen molar-refractivity contribution in [1.29, 1.82) is 0 Å². The van der Waals surface area contributed by atoms with Gasteiger partial charge in [0, 0.05) is 6.26 Å². The molecular formula is C9H11ClN4O2S. The van der Waals surface area contributed by atoms with Crippen molar-refractivity contribution in [1.82, 2.24) is 19.6 Å². The van der Waals surface area contributed by atoms with Crippen molar-refractivity contribution < 1.29 is 8.42 Å². The molecule has 0 bridgehead atoms. The highest BCUT2D eigenvalue weighted by Gasteiger charge is 2.17. The third kappa shape index (κ3) is 2.25. The Hall–Kier alpha value is -1.21. The first-order valence-corrected chi connectivity index (χ1v) is 7.19. The Labute approximate surface area is 104 Å². The van der Waals surface area contributed by atoms with Gasteiger partial charge in [0.25, 0.3) is 10.9 Å². The van der Waals surface area contributed by atoms with Crippen LogP contribution in [-0.4, -0.2) is 34.3 Å². The second-order valence-corrected chi connectivity index (χ2v) is 6.33. The summed E-state index contributed by atoms with van der Waals surface area (Å²) >= 11 is 6.00. The lowest BCUT2D eigenvalue weighted by Crippen LogP contribution is -2.00. The summed E-state index contributed by atoms with van der Waals surface area (Å²) in [4.78, 5) is 8.07. The van der Waals surface area contributed by atoms with Crippen molar-refractivity contribution in [3.63, 3.8) is 0 Å². The van der Waals surface area contributed by atoms with Gasteiger partial charge in [0.1, 0.15) is 5.15 Å². The van der Waals surface area contributed by atoms with Gasteiger partial charge in [-0.1, -0.05) is 25.4 Å². The van der Waals surface area contributed by atoms with E-state index in [-0.39, 0.29) is 16.9 Å². The summed E-state index contributed by atoms with van der Waals surface area (Å²) in [6.07, 6.45) is 1.04. The molecule has 8 heteroatoms. The van der Waals surface area contributed by atoms with Crippen molar-refractivity contribution in [2.24, 2.45) is 0 Å². The first-order chi connectivity index (χ1) is 7.79. The highest BCUT2D eigenvalue weighted by Crippen LogP contribution is 2.18. The molecule has 0 atom stereocenters. The molecule has 2 aromatic rings. The molecule has 0 aliphatic carbocycles. The fraction of sp³-hybridized carbons (Fsp3) is 0.444. The average molecular weight is 275 g/mol. The van der Waals surface area contributed by atoms with E-state index in [9.17, 15) is 8.42 Å². The third-order valence-electron chi connectivity index (χ3n) is 2.19. The molecule has 2 rings (SSSR count). The van der Waals surface area contributed by atoms with Gasteiger partial charge in [-0.05, 0) is 12.0 Å². The van der Waals surface area contributed by atoms with Crippen LogP contribution in [0.4, 0.5) is 0 Å². The second kappa shape index (κ2) is 3.92. The average Bonchev–Trinajstić information content (AvgIpc) is 2.60. The van der Waals surface area contributed by atoms with Gasteiger partial charge in [-0.3, -0.25) is 0 Å². The van der Waals surface area contributed by atoms with Crippen LogP contribution in [0.1, 0.15) is 25.5 Å². The second-order valence-electron chi connectivity index (χ2n) is 4.04. The van der Waals surface area contributed by atoms with Crippen molar-refractivity contribution in [3.05, 3.63) is 16.9 Å². The lowest BCUT2D eigenvalue weighted by atomic mass is 10.1. The number of hydrogen-bond donors (Lipinski definition) is 0. The van der Waals surface area contributed by atoms with Crippen LogP contribution in [0.3, 0.4) is 0 Å². The minimum Gasteiger partial charge on any atom is -0.221 e. The lowest BCUT2D eigenvalue weighted by Gasteiger charge is -2.04. The summed E-state index contributed by atoms with van der Waals surface area (Å²) in [5.41, 5.74) is 0.745. The van der Waals surface area contributed by atoms with Crippen LogP contribution in [0.25, 0.3) is 5.78 Å². The molecule has 0 radical (unpaired) electrons. The molecule has 6 nitrogen and oxygen atoms in total. The predicted octanol–water partition coefficient (Wildman–Crippen LogP) is 1.30. The molecule has 0 saturated heterocycles. The first kappa shape index (κ1) is 12.3. The zero-order valence-electron chi connectivity index (χ0n) is 9.55. The molecule has 2 heterocycles. The minimum absolute atomic E-state index is 0.177. The molecule has 0 aliphatic rings. The van der Waals surface area contributed by atoms with E-state index in [2.05, 4.69) is 15.1 Å². The van der Waals surface area contributed by atoms with Gasteiger partial charge in [0.2, 0.25) is 9.84 Å². The maximum absolute atomic E-state index is 11.3. The van der Waals surface area contributed by atoms with E-state index in [1.165, 1.54) is 4.52 Å². The number of fused-ring (bicyclic) bond motifs is 1. The predicted molar refractivity (Wildman–Crippen MR) is 63.0 cm³/mol. The van der Waals surface area contributed by atoms with Crippen molar-refractivity contribution in [2.45, 2.75) is 24.9 Å². The monoisotopic (exact) mass is 274 g/mol. The highest BCUT2D eigenvalue weighted by atomic mass is 35.5.